The first-order valence-electron chi connectivity index (χ1n) is 4.95. The summed E-state index contributed by atoms with van der Waals surface area (Å²) in [6, 6.07) is 5.75. The fraction of sp³-hybridized carbons (Fsp3) is 0.167. The van der Waals surface area contributed by atoms with Gasteiger partial charge in [-0.2, -0.15) is 0 Å². The molecule has 0 fully saturated rings. The molecule has 0 aliphatic heterocycles. The van der Waals surface area contributed by atoms with Crippen LogP contribution in [0.2, 0.25) is 0 Å². The molecule has 0 amide bonds. The topological polar surface area (TPSA) is 45.4 Å². The maximum atomic E-state index is 12.9. The zero-order valence-electron chi connectivity index (χ0n) is 8.61. The predicted octanol–water partition coefficient (Wildman–Crippen LogP) is 2.41. The van der Waals surface area contributed by atoms with Gasteiger partial charge in [-0.05, 0) is 24.3 Å². The Hall–Kier alpha value is -1.81. The molecule has 1 aromatic heterocycles. The first kappa shape index (κ1) is 10.7. The van der Waals surface area contributed by atoms with Crippen molar-refractivity contribution in [1.82, 2.24) is 5.32 Å². The van der Waals surface area contributed by atoms with Gasteiger partial charge in [-0.25, -0.2) is 4.39 Å². The average Bonchev–Trinajstić information content (AvgIpc) is 2.76. The third-order valence-electron chi connectivity index (χ3n) is 2.27. The normalized spacial score (nSPS) is 10.6. The standard InChI is InChI=1S/C12H12FNO2/c13-11-1-2-12(15)10(5-11)7-14-6-9-3-4-16-8-9/h1-5,8,14-15H,6-7H2. The lowest BCUT2D eigenvalue weighted by Crippen LogP contribution is -2.12. The summed E-state index contributed by atoms with van der Waals surface area (Å²) in [6.07, 6.45) is 3.23. The van der Waals surface area contributed by atoms with E-state index in [0.717, 1.165) is 5.56 Å². The van der Waals surface area contributed by atoms with Crippen molar-refractivity contribution < 1.29 is 13.9 Å². The van der Waals surface area contributed by atoms with E-state index in [0.29, 0.717) is 18.7 Å². The average molecular weight is 221 g/mol. The van der Waals surface area contributed by atoms with Crippen LogP contribution in [0.25, 0.3) is 0 Å². The first-order chi connectivity index (χ1) is 7.75. The summed E-state index contributed by atoms with van der Waals surface area (Å²) in [5, 5.41) is 12.6. The highest BCUT2D eigenvalue weighted by molar-refractivity contribution is 5.32. The smallest absolute Gasteiger partial charge is 0.123 e. The lowest BCUT2D eigenvalue weighted by atomic mass is 10.2. The highest BCUT2D eigenvalue weighted by Gasteiger charge is 2.02. The molecule has 2 N–H and O–H groups in total. The molecule has 0 spiro atoms. The van der Waals surface area contributed by atoms with Crippen LogP contribution in [0.1, 0.15) is 11.1 Å². The Labute approximate surface area is 92.5 Å². The van der Waals surface area contributed by atoms with Gasteiger partial charge in [0.2, 0.25) is 0 Å². The van der Waals surface area contributed by atoms with Crippen molar-refractivity contribution in [2.45, 2.75) is 13.1 Å². The van der Waals surface area contributed by atoms with Crippen molar-refractivity contribution in [3.05, 3.63) is 53.7 Å². The third kappa shape index (κ3) is 2.61. The Morgan fingerprint density at radius 1 is 1.25 bits per heavy atom. The SMILES string of the molecule is Oc1ccc(F)cc1CNCc1ccoc1. The molecule has 0 radical (unpaired) electrons. The molecule has 1 aromatic carbocycles. The van der Waals surface area contributed by atoms with Crippen molar-refractivity contribution >= 4 is 0 Å². The van der Waals surface area contributed by atoms with Gasteiger partial charge < -0.3 is 14.8 Å². The van der Waals surface area contributed by atoms with E-state index in [1.807, 2.05) is 6.07 Å². The Balaban J connectivity index is 1.92. The van der Waals surface area contributed by atoms with Gasteiger partial charge in [-0.1, -0.05) is 0 Å². The molecule has 2 aromatic rings. The molecule has 2 rings (SSSR count). The van der Waals surface area contributed by atoms with E-state index in [9.17, 15) is 9.50 Å². The van der Waals surface area contributed by atoms with Crippen LogP contribution in [0.5, 0.6) is 5.75 Å². The molecule has 0 saturated heterocycles. The van der Waals surface area contributed by atoms with Gasteiger partial charge in [0.25, 0.3) is 0 Å². The van der Waals surface area contributed by atoms with E-state index in [4.69, 9.17) is 4.42 Å². The number of halogens is 1. The molecule has 0 bridgehead atoms. The van der Waals surface area contributed by atoms with Gasteiger partial charge in [0.05, 0.1) is 12.5 Å². The molecular formula is C12H12FNO2. The number of hydrogen-bond acceptors (Lipinski definition) is 3. The number of hydrogen-bond donors (Lipinski definition) is 2. The molecular weight excluding hydrogens is 209 g/mol. The highest BCUT2D eigenvalue weighted by atomic mass is 19.1. The van der Waals surface area contributed by atoms with Crippen LogP contribution in [-0.2, 0) is 13.1 Å². The minimum atomic E-state index is -0.349. The zero-order valence-corrected chi connectivity index (χ0v) is 8.61. The molecule has 0 saturated carbocycles. The number of phenols is 1. The molecule has 1 heterocycles. The summed E-state index contributed by atoms with van der Waals surface area (Å²) in [7, 11) is 0. The number of phenolic OH excluding ortho intramolecular Hbond substituents is 1. The minimum absolute atomic E-state index is 0.0982. The van der Waals surface area contributed by atoms with Gasteiger partial charge in [0, 0.05) is 24.2 Å². The number of furan rings is 1. The number of benzene rings is 1. The van der Waals surface area contributed by atoms with E-state index < -0.39 is 0 Å². The second-order valence-corrected chi connectivity index (χ2v) is 3.51. The van der Waals surface area contributed by atoms with E-state index >= 15 is 0 Å². The van der Waals surface area contributed by atoms with Crippen LogP contribution in [0.3, 0.4) is 0 Å². The molecule has 16 heavy (non-hydrogen) atoms. The first-order valence-corrected chi connectivity index (χ1v) is 4.95. The molecule has 0 atom stereocenters. The summed E-state index contributed by atoms with van der Waals surface area (Å²) in [6.45, 7) is 1.03. The summed E-state index contributed by atoms with van der Waals surface area (Å²) in [5.74, 6) is -0.251. The predicted molar refractivity (Wildman–Crippen MR) is 57.3 cm³/mol. The maximum absolute atomic E-state index is 12.9. The monoisotopic (exact) mass is 221 g/mol. The number of aromatic hydroxyl groups is 1. The van der Waals surface area contributed by atoms with Gasteiger partial charge >= 0.3 is 0 Å². The van der Waals surface area contributed by atoms with Crippen molar-refractivity contribution in [3.8, 4) is 5.75 Å². The Morgan fingerprint density at radius 2 is 2.12 bits per heavy atom. The van der Waals surface area contributed by atoms with E-state index in [2.05, 4.69) is 5.32 Å². The van der Waals surface area contributed by atoms with Crippen LogP contribution in [-0.4, -0.2) is 5.11 Å². The highest BCUT2D eigenvalue weighted by Crippen LogP contribution is 2.17. The van der Waals surface area contributed by atoms with Gasteiger partial charge in [-0.15, -0.1) is 0 Å². The third-order valence-corrected chi connectivity index (χ3v) is 2.27. The Bertz CT molecular complexity index is 454. The van der Waals surface area contributed by atoms with E-state index in [-0.39, 0.29) is 11.6 Å². The van der Waals surface area contributed by atoms with Crippen LogP contribution >= 0.6 is 0 Å². The summed E-state index contributed by atoms with van der Waals surface area (Å²) in [4.78, 5) is 0. The lowest BCUT2D eigenvalue weighted by molar-refractivity contribution is 0.461. The fourth-order valence-electron chi connectivity index (χ4n) is 1.43. The lowest BCUT2D eigenvalue weighted by Gasteiger charge is -2.05. The summed E-state index contributed by atoms with van der Waals surface area (Å²) >= 11 is 0. The summed E-state index contributed by atoms with van der Waals surface area (Å²) < 4.78 is 17.8. The maximum Gasteiger partial charge on any atom is 0.123 e. The van der Waals surface area contributed by atoms with Crippen molar-refractivity contribution in [2.75, 3.05) is 0 Å². The van der Waals surface area contributed by atoms with Crippen LogP contribution in [0.15, 0.2) is 41.2 Å². The zero-order chi connectivity index (χ0) is 11.4. The number of nitrogens with one attached hydrogen (secondary N) is 1. The van der Waals surface area contributed by atoms with Crippen LogP contribution < -0.4 is 5.32 Å². The van der Waals surface area contributed by atoms with Gasteiger partial charge in [-0.3, -0.25) is 0 Å². The molecule has 4 heteroatoms. The molecule has 0 aliphatic rings. The van der Waals surface area contributed by atoms with Gasteiger partial charge in [0.15, 0.2) is 0 Å². The molecule has 84 valence electrons. The second-order valence-electron chi connectivity index (χ2n) is 3.51. The van der Waals surface area contributed by atoms with Crippen molar-refractivity contribution in [3.63, 3.8) is 0 Å². The van der Waals surface area contributed by atoms with E-state index in [1.54, 1.807) is 12.5 Å². The molecule has 0 unspecified atom stereocenters. The second kappa shape index (κ2) is 4.81. The van der Waals surface area contributed by atoms with Crippen LogP contribution in [0.4, 0.5) is 4.39 Å². The van der Waals surface area contributed by atoms with Gasteiger partial charge in [0.1, 0.15) is 11.6 Å². The Morgan fingerprint density at radius 3 is 2.88 bits per heavy atom. The van der Waals surface area contributed by atoms with E-state index in [1.165, 1.54) is 18.2 Å². The molecule has 0 aliphatic carbocycles. The largest absolute Gasteiger partial charge is 0.508 e. The summed E-state index contributed by atoms with van der Waals surface area (Å²) in [5.41, 5.74) is 1.55. The molecule has 3 nitrogen and oxygen atoms in total. The fourth-order valence-corrected chi connectivity index (χ4v) is 1.43. The van der Waals surface area contributed by atoms with Crippen LogP contribution in [0, 0.1) is 5.82 Å². The van der Waals surface area contributed by atoms with Crippen molar-refractivity contribution in [1.29, 1.82) is 0 Å². The minimum Gasteiger partial charge on any atom is -0.508 e. The number of rotatable bonds is 4. The Kier molecular flexibility index (Phi) is 3.22. The quantitative estimate of drug-likeness (QED) is 0.833. The van der Waals surface area contributed by atoms with Crippen molar-refractivity contribution in [2.24, 2.45) is 0 Å².